The number of rotatable bonds is 7. The van der Waals surface area contributed by atoms with Crippen LogP contribution in [0.4, 0.5) is 10.7 Å². The molecule has 0 atom stereocenters. The Labute approximate surface area is 213 Å². The first-order valence-electron chi connectivity index (χ1n) is 12.1. The molecule has 1 heterocycles. The first-order chi connectivity index (χ1) is 16.9. The number of nitrogens with one attached hydrogen (secondary N) is 2. The molecule has 1 aromatic heterocycles. The average Bonchev–Trinajstić information content (AvgIpc) is 3.21. The molecule has 0 radical (unpaired) electrons. The lowest BCUT2D eigenvalue weighted by atomic mass is 10.1. The predicted molar refractivity (Wildman–Crippen MR) is 144 cm³/mol. The number of urea groups is 1. The Hall–Kier alpha value is -3.81. The number of benzene rings is 2. The maximum atomic E-state index is 13.1. The van der Waals surface area contributed by atoms with Crippen molar-refractivity contribution in [1.29, 1.82) is 0 Å². The molecule has 0 spiro atoms. The van der Waals surface area contributed by atoms with Crippen molar-refractivity contribution in [2.45, 2.75) is 60.0 Å². The Bertz CT molecular complexity index is 1220. The molecule has 2 N–H and O–H groups in total. The second-order valence-corrected chi connectivity index (χ2v) is 10.3. The molecule has 0 saturated carbocycles. The zero-order valence-electron chi connectivity index (χ0n) is 22.5. The van der Waals surface area contributed by atoms with Crippen LogP contribution in [0.25, 0.3) is 16.9 Å². The lowest BCUT2D eigenvalue weighted by Crippen LogP contribution is -2.52. The molecule has 0 saturated heterocycles. The van der Waals surface area contributed by atoms with Crippen LogP contribution in [0, 0.1) is 13.8 Å². The minimum Gasteiger partial charge on any atom is -0.497 e. The van der Waals surface area contributed by atoms with Gasteiger partial charge in [0.2, 0.25) is 11.9 Å². The number of carbonyl (C=O) groups excluding carboxylic acids is 2. The van der Waals surface area contributed by atoms with E-state index in [1.165, 1.54) is 10.5 Å². The Kier molecular flexibility index (Phi) is 8.07. The summed E-state index contributed by atoms with van der Waals surface area (Å²) >= 11 is 0. The van der Waals surface area contributed by atoms with E-state index in [9.17, 15) is 9.59 Å². The van der Waals surface area contributed by atoms with E-state index >= 15 is 0 Å². The third kappa shape index (κ3) is 6.65. The zero-order valence-corrected chi connectivity index (χ0v) is 22.5. The SMILES string of the molecule is COc1ccc(-c2cn(-c3ccc(C)c(C)c3)c(NC(=O)CN(C(=O)NC(C)(C)C)C(C)C)n2)cc1. The number of hydrogen-bond donors (Lipinski definition) is 2. The van der Waals surface area contributed by atoms with Gasteiger partial charge >= 0.3 is 6.03 Å². The highest BCUT2D eigenvalue weighted by atomic mass is 16.5. The van der Waals surface area contributed by atoms with Crippen LogP contribution in [0.5, 0.6) is 5.75 Å². The Morgan fingerprint density at radius 2 is 1.72 bits per heavy atom. The zero-order chi connectivity index (χ0) is 26.6. The summed E-state index contributed by atoms with van der Waals surface area (Å²) in [6.45, 7) is 13.5. The molecule has 0 unspecified atom stereocenters. The molecule has 0 aliphatic heterocycles. The van der Waals surface area contributed by atoms with E-state index in [4.69, 9.17) is 9.72 Å². The number of methoxy groups -OCH3 is 1. The van der Waals surface area contributed by atoms with Crippen molar-refractivity contribution < 1.29 is 14.3 Å². The number of carbonyl (C=O) groups is 2. The second-order valence-electron chi connectivity index (χ2n) is 10.3. The molecule has 0 fully saturated rings. The van der Waals surface area contributed by atoms with Crippen molar-refractivity contribution in [2.24, 2.45) is 0 Å². The number of amides is 3. The van der Waals surface area contributed by atoms with E-state index in [1.807, 2.05) is 88.7 Å². The molecule has 3 aromatic rings. The highest BCUT2D eigenvalue weighted by Crippen LogP contribution is 2.27. The van der Waals surface area contributed by atoms with Crippen molar-refractivity contribution in [3.8, 4) is 22.7 Å². The first kappa shape index (κ1) is 26.8. The van der Waals surface area contributed by atoms with Crippen LogP contribution in [-0.4, -0.2) is 51.6 Å². The van der Waals surface area contributed by atoms with Crippen LogP contribution in [0.3, 0.4) is 0 Å². The first-order valence-corrected chi connectivity index (χ1v) is 12.1. The van der Waals surface area contributed by atoms with Gasteiger partial charge in [-0.1, -0.05) is 6.07 Å². The number of anilines is 1. The summed E-state index contributed by atoms with van der Waals surface area (Å²) in [5.74, 6) is 0.807. The molecule has 8 nitrogen and oxygen atoms in total. The molecular weight excluding hydrogens is 454 g/mol. The summed E-state index contributed by atoms with van der Waals surface area (Å²) in [6.07, 6.45) is 1.90. The molecule has 2 aromatic carbocycles. The quantitative estimate of drug-likeness (QED) is 0.468. The summed E-state index contributed by atoms with van der Waals surface area (Å²) in [5, 5.41) is 5.85. The molecule has 0 bridgehead atoms. The molecule has 36 heavy (non-hydrogen) atoms. The fraction of sp³-hybridized carbons (Fsp3) is 0.393. The average molecular weight is 492 g/mol. The standard InChI is InChI=1S/C28H37N5O3/c1-18(2)32(27(35)31-28(5,6)7)17-25(34)30-26-29-24(21-10-13-23(36-8)14-11-21)16-33(26)22-12-9-19(3)20(4)15-22/h9-16,18H,17H2,1-8H3,(H,31,35)(H,29,30,34). The summed E-state index contributed by atoms with van der Waals surface area (Å²) in [6, 6.07) is 13.2. The maximum absolute atomic E-state index is 13.1. The van der Waals surface area contributed by atoms with E-state index in [0.29, 0.717) is 11.6 Å². The van der Waals surface area contributed by atoms with Crippen LogP contribution in [0.15, 0.2) is 48.7 Å². The molecular formula is C28H37N5O3. The number of ether oxygens (including phenoxy) is 1. The van der Waals surface area contributed by atoms with E-state index in [2.05, 4.69) is 23.6 Å². The number of aryl methyl sites for hydroxylation is 2. The minimum absolute atomic E-state index is 0.1000. The highest BCUT2D eigenvalue weighted by molar-refractivity contribution is 5.93. The van der Waals surface area contributed by atoms with Crippen molar-refractivity contribution >= 4 is 17.9 Å². The second kappa shape index (κ2) is 10.8. The van der Waals surface area contributed by atoms with Gasteiger partial charge in [-0.25, -0.2) is 9.78 Å². The largest absolute Gasteiger partial charge is 0.497 e. The summed E-state index contributed by atoms with van der Waals surface area (Å²) < 4.78 is 7.13. The minimum atomic E-state index is -0.409. The lowest BCUT2D eigenvalue weighted by molar-refractivity contribution is -0.117. The van der Waals surface area contributed by atoms with E-state index in [0.717, 1.165) is 22.6 Å². The number of aromatic nitrogens is 2. The Morgan fingerprint density at radius 1 is 1.06 bits per heavy atom. The number of hydrogen-bond acceptors (Lipinski definition) is 4. The summed E-state index contributed by atoms with van der Waals surface area (Å²) in [4.78, 5) is 32.2. The fourth-order valence-corrected chi connectivity index (χ4v) is 3.64. The van der Waals surface area contributed by atoms with Gasteiger partial charge in [0.15, 0.2) is 0 Å². The van der Waals surface area contributed by atoms with Crippen molar-refractivity contribution in [3.05, 3.63) is 59.8 Å². The van der Waals surface area contributed by atoms with Gasteiger partial charge in [0, 0.05) is 29.0 Å². The van der Waals surface area contributed by atoms with Gasteiger partial charge in [-0.15, -0.1) is 0 Å². The Morgan fingerprint density at radius 3 is 2.28 bits per heavy atom. The third-order valence-electron chi connectivity index (χ3n) is 5.79. The van der Waals surface area contributed by atoms with Crippen LogP contribution in [0.2, 0.25) is 0 Å². The van der Waals surface area contributed by atoms with Crippen LogP contribution >= 0.6 is 0 Å². The highest BCUT2D eigenvalue weighted by Gasteiger charge is 2.25. The Balaban J connectivity index is 1.93. The van der Waals surface area contributed by atoms with Crippen LogP contribution in [-0.2, 0) is 4.79 Å². The molecule has 192 valence electrons. The van der Waals surface area contributed by atoms with Crippen molar-refractivity contribution in [3.63, 3.8) is 0 Å². The van der Waals surface area contributed by atoms with Crippen molar-refractivity contribution in [1.82, 2.24) is 19.8 Å². The third-order valence-corrected chi connectivity index (χ3v) is 5.79. The van der Waals surface area contributed by atoms with E-state index < -0.39 is 5.54 Å². The van der Waals surface area contributed by atoms with Crippen LogP contribution < -0.4 is 15.4 Å². The molecule has 8 heteroatoms. The van der Waals surface area contributed by atoms with Gasteiger partial charge in [0.1, 0.15) is 12.3 Å². The molecule has 3 amide bonds. The maximum Gasteiger partial charge on any atom is 0.318 e. The monoisotopic (exact) mass is 491 g/mol. The van der Waals surface area contributed by atoms with E-state index in [1.54, 1.807) is 7.11 Å². The smallest absolute Gasteiger partial charge is 0.318 e. The van der Waals surface area contributed by atoms with Gasteiger partial charge in [-0.05, 0) is 96.0 Å². The molecule has 0 aliphatic rings. The van der Waals surface area contributed by atoms with Gasteiger partial charge in [-0.2, -0.15) is 0 Å². The van der Waals surface area contributed by atoms with Gasteiger partial charge in [-0.3, -0.25) is 14.7 Å². The van der Waals surface area contributed by atoms with Crippen molar-refractivity contribution in [2.75, 3.05) is 19.0 Å². The number of nitrogens with zero attached hydrogens (tertiary/aromatic N) is 3. The number of imidazole rings is 1. The lowest BCUT2D eigenvalue weighted by Gasteiger charge is -2.30. The van der Waals surface area contributed by atoms with Gasteiger partial charge < -0.3 is 15.0 Å². The predicted octanol–water partition coefficient (Wildman–Crippen LogP) is 5.32. The molecule has 0 aliphatic carbocycles. The normalized spacial score (nSPS) is 11.4. The summed E-state index contributed by atoms with van der Waals surface area (Å²) in [5.41, 5.74) is 4.38. The fourth-order valence-electron chi connectivity index (χ4n) is 3.64. The van der Waals surface area contributed by atoms with Crippen LogP contribution in [0.1, 0.15) is 45.7 Å². The molecule has 3 rings (SSSR count). The topological polar surface area (TPSA) is 88.5 Å². The van der Waals surface area contributed by atoms with Gasteiger partial charge in [0.25, 0.3) is 0 Å². The summed E-state index contributed by atoms with van der Waals surface area (Å²) in [7, 11) is 1.62. The van der Waals surface area contributed by atoms with Gasteiger partial charge in [0.05, 0.1) is 12.8 Å². The van der Waals surface area contributed by atoms with E-state index in [-0.39, 0.29) is 24.5 Å².